The Hall–Kier alpha value is -2.80. The van der Waals surface area contributed by atoms with Crippen LogP contribution < -0.4 is 15.4 Å². The van der Waals surface area contributed by atoms with Gasteiger partial charge in [0.2, 0.25) is 5.91 Å². The molecule has 126 valence electrons. The Labute approximate surface area is 143 Å². The van der Waals surface area contributed by atoms with Crippen molar-refractivity contribution >= 4 is 34.6 Å². The number of aryl methyl sites for hydroxylation is 1. The number of nitro benzene ring substituents is 1. The number of carbonyl (C=O) groups excluding carboxylic acids is 1. The lowest BCUT2D eigenvalue weighted by Crippen LogP contribution is -2.22. The summed E-state index contributed by atoms with van der Waals surface area (Å²) < 4.78 is 4.95. The Morgan fingerprint density at radius 2 is 1.96 bits per heavy atom. The molecule has 2 aromatic rings. The Morgan fingerprint density at radius 3 is 2.58 bits per heavy atom. The fourth-order valence-corrected chi connectivity index (χ4v) is 2.32. The number of anilines is 2. The molecule has 8 heteroatoms. The van der Waals surface area contributed by atoms with E-state index in [1.807, 2.05) is 6.92 Å². The molecule has 7 nitrogen and oxygen atoms in total. The van der Waals surface area contributed by atoms with E-state index in [1.165, 1.54) is 19.2 Å². The maximum Gasteiger partial charge on any atom is 0.296 e. The van der Waals surface area contributed by atoms with Gasteiger partial charge in [-0.05, 0) is 42.8 Å². The SMILES string of the molecule is COc1ccc(NC(=O)CNc2ccc(Cl)cc2C)c([N+](=O)[O-])c1. The van der Waals surface area contributed by atoms with E-state index < -0.39 is 10.8 Å². The number of halogens is 1. The van der Waals surface area contributed by atoms with Crippen LogP contribution in [0.2, 0.25) is 5.02 Å². The first kappa shape index (κ1) is 17.6. The van der Waals surface area contributed by atoms with Crippen LogP contribution in [0.15, 0.2) is 36.4 Å². The highest BCUT2D eigenvalue weighted by Crippen LogP contribution is 2.29. The summed E-state index contributed by atoms with van der Waals surface area (Å²) in [5.41, 5.74) is 1.54. The first-order valence-corrected chi connectivity index (χ1v) is 7.41. The van der Waals surface area contributed by atoms with Gasteiger partial charge >= 0.3 is 0 Å². The van der Waals surface area contributed by atoms with Gasteiger partial charge in [-0.3, -0.25) is 14.9 Å². The van der Waals surface area contributed by atoms with Crippen LogP contribution in [-0.4, -0.2) is 24.5 Å². The van der Waals surface area contributed by atoms with Gasteiger partial charge in [0, 0.05) is 10.7 Å². The summed E-state index contributed by atoms with van der Waals surface area (Å²) in [6.45, 7) is 1.83. The molecule has 0 aromatic heterocycles. The lowest BCUT2D eigenvalue weighted by Gasteiger charge is -2.11. The van der Waals surface area contributed by atoms with E-state index in [1.54, 1.807) is 24.3 Å². The molecule has 0 spiro atoms. The van der Waals surface area contributed by atoms with E-state index in [2.05, 4.69) is 10.6 Å². The van der Waals surface area contributed by atoms with Crippen LogP contribution in [0.3, 0.4) is 0 Å². The molecule has 0 atom stereocenters. The zero-order chi connectivity index (χ0) is 17.7. The number of rotatable bonds is 6. The van der Waals surface area contributed by atoms with Crippen molar-refractivity contribution in [1.29, 1.82) is 0 Å². The zero-order valence-electron chi connectivity index (χ0n) is 13.1. The van der Waals surface area contributed by atoms with Crippen molar-refractivity contribution < 1.29 is 14.5 Å². The summed E-state index contributed by atoms with van der Waals surface area (Å²) >= 11 is 5.88. The molecule has 0 saturated carbocycles. The Kier molecular flexibility index (Phi) is 5.59. The van der Waals surface area contributed by atoms with Crippen LogP contribution in [0.1, 0.15) is 5.56 Å². The lowest BCUT2D eigenvalue weighted by atomic mass is 10.2. The molecule has 2 N–H and O–H groups in total. The number of amides is 1. The molecule has 0 bridgehead atoms. The third kappa shape index (κ3) is 4.36. The topological polar surface area (TPSA) is 93.5 Å². The van der Waals surface area contributed by atoms with Crippen molar-refractivity contribution in [3.63, 3.8) is 0 Å². The molecule has 0 aliphatic carbocycles. The summed E-state index contributed by atoms with van der Waals surface area (Å²) in [5, 5.41) is 17.2. The molecular formula is C16H16ClN3O4. The van der Waals surface area contributed by atoms with Gasteiger partial charge in [-0.25, -0.2) is 0 Å². The molecule has 1 amide bonds. The molecule has 2 rings (SSSR count). The highest BCUT2D eigenvalue weighted by molar-refractivity contribution is 6.30. The van der Waals surface area contributed by atoms with Crippen molar-refractivity contribution in [2.24, 2.45) is 0 Å². The summed E-state index contributed by atoms with van der Waals surface area (Å²) in [6, 6.07) is 9.48. The molecule has 0 aliphatic heterocycles. The summed E-state index contributed by atoms with van der Waals surface area (Å²) in [7, 11) is 1.41. The minimum Gasteiger partial charge on any atom is -0.496 e. The predicted octanol–water partition coefficient (Wildman–Crippen LogP) is 3.62. The first-order chi connectivity index (χ1) is 11.4. The number of nitrogens with zero attached hydrogens (tertiary/aromatic N) is 1. The normalized spacial score (nSPS) is 10.1. The largest absolute Gasteiger partial charge is 0.496 e. The van der Waals surface area contributed by atoms with Gasteiger partial charge in [0.1, 0.15) is 11.4 Å². The van der Waals surface area contributed by atoms with Gasteiger partial charge in [0.05, 0.1) is 24.6 Å². The van der Waals surface area contributed by atoms with E-state index in [4.69, 9.17) is 16.3 Å². The summed E-state index contributed by atoms with van der Waals surface area (Å²) in [4.78, 5) is 22.6. The van der Waals surface area contributed by atoms with Gasteiger partial charge < -0.3 is 15.4 Å². The average molecular weight is 350 g/mol. The quantitative estimate of drug-likeness (QED) is 0.613. The number of nitro groups is 1. The Bertz CT molecular complexity index is 780. The van der Waals surface area contributed by atoms with Crippen LogP contribution in [0.25, 0.3) is 0 Å². The number of ether oxygens (including phenoxy) is 1. The number of hydrogen-bond acceptors (Lipinski definition) is 5. The fraction of sp³-hybridized carbons (Fsp3) is 0.188. The molecule has 0 unspecified atom stereocenters. The van der Waals surface area contributed by atoms with Gasteiger partial charge in [0.25, 0.3) is 5.69 Å². The molecule has 0 fully saturated rings. The highest BCUT2D eigenvalue weighted by atomic mass is 35.5. The van der Waals surface area contributed by atoms with Crippen molar-refractivity contribution in [3.8, 4) is 5.75 Å². The second-order valence-electron chi connectivity index (χ2n) is 5.00. The first-order valence-electron chi connectivity index (χ1n) is 7.03. The van der Waals surface area contributed by atoms with Crippen LogP contribution in [0.4, 0.5) is 17.1 Å². The third-order valence-electron chi connectivity index (χ3n) is 3.30. The number of hydrogen-bond donors (Lipinski definition) is 2. The number of benzene rings is 2. The highest BCUT2D eigenvalue weighted by Gasteiger charge is 2.17. The van der Waals surface area contributed by atoms with E-state index >= 15 is 0 Å². The molecule has 24 heavy (non-hydrogen) atoms. The van der Waals surface area contributed by atoms with Crippen LogP contribution in [-0.2, 0) is 4.79 Å². The number of methoxy groups -OCH3 is 1. The van der Waals surface area contributed by atoms with E-state index in [-0.39, 0.29) is 17.9 Å². The monoisotopic (exact) mass is 349 g/mol. The van der Waals surface area contributed by atoms with Gasteiger partial charge in [-0.2, -0.15) is 0 Å². The third-order valence-corrected chi connectivity index (χ3v) is 3.54. The minimum atomic E-state index is -0.574. The summed E-state index contributed by atoms with van der Waals surface area (Å²) in [6.07, 6.45) is 0. The van der Waals surface area contributed by atoms with Gasteiger partial charge in [-0.15, -0.1) is 0 Å². The second kappa shape index (κ2) is 7.65. The van der Waals surface area contributed by atoms with Crippen LogP contribution in [0, 0.1) is 17.0 Å². The van der Waals surface area contributed by atoms with E-state index in [9.17, 15) is 14.9 Å². The van der Waals surface area contributed by atoms with Crippen LogP contribution >= 0.6 is 11.6 Å². The number of carbonyl (C=O) groups is 1. The van der Waals surface area contributed by atoms with Crippen molar-refractivity contribution in [1.82, 2.24) is 0 Å². The maximum atomic E-state index is 12.0. The molecule has 0 aliphatic rings. The molecule has 0 saturated heterocycles. The molecule has 2 aromatic carbocycles. The lowest BCUT2D eigenvalue weighted by molar-refractivity contribution is -0.384. The maximum absolute atomic E-state index is 12.0. The van der Waals surface area contributed by atoms with Crippen LogP contribution in [0.5, 0.6) is 5.75 Å². The standard InChI is InChI=1S/C16H16ClN3O4/c1-10-7-11(17)3-5-13(10)18-9-16(21)19-14-6-4-12(24-2)8-15(14)20(22)23/h3-8,18H,9H2,1-2H3,(H,19,21). The molecular weight excluding hydrogens is 334 g/mol. The minimum absolute atomic E-state index is 0.0361. The van der Waals surface area contributed by atoms with Gasteiger partial charge in [0.15, 0.2) is 0 Å². The van der Waals surface area contributed by atoms with Crippen molar-refractivity contribution in [2.75, 3.05) is 24.3 Å². The zero-order valence-corrected chi connectivity index (χ0v) is 13.9. The number of nitrogens with one attached hydrogen (secondary N) is 2. The fourth-order valence-electron chi connectivity index (χ4n) is 2.09. The smallest absolute Gasteiger partial charge is 0.296 e. The van der Waals surface area contributed by atoms with Gasteiger partial charge in [-0.1, -0.05) is 11.6 Å². The second-order valence-corrected chi connectivity index (χ2v) is 5.44. The van der Waals surface area contributed by atoms with E-state index in [0.29, 0.717) is 10.8 Å². The molecule has 0 heterocycles. The summed E-state index contributed by atoms with van der Waals surface area (Å²) in [5.74, 6) is -0.0628. The average Bonchev–Trinajstić information content (AvgIpc) is 2.54. The van der Waals surface area contributed by atoms with E-state index in [0.717, 1.165) is 11.3 Å². The van der Waals surface area contributed by atoms with Crippen molar-refractivity contribution in [2.45, 2.75) is 6.92 Å². The molecule has 0 radical (unpaired) electrons. The van der Waals surface area contributed by atoms with Crippen molar-refractivity contribution in [3.05, 3.63) is 57.1 Å². The Balaban J connectivity index is 2.05. The Morgan fingerprint density at radius 1 is 1.25 bits per heavy atom. The predicted molar refractivity (Wildman–Crippen MR) is 93.0 cm³/mol.